The second-order valence-electron chi connectivity index (χ2n) is 8.58. The fourth-order valence-corrected chi connectivity index (χ4v) is 4.32. The minimum atomic E-state index is 0.390. The first-order valence-corrected chi connectivity index (χ1v) is 11.2. The molecule has 0 unspecified atom stereocenters. The number of ether oxygens (including phenoxy) is 2. The number of methoxy groups -OCH3 is 2. The Labute approximate surface area is 190 Å². The zero-order valence-corrected chi connectivity index (χ0v) is 19.4. The van der Waals surface area contributed by atoms with Crippen LogP contribution in [0.5, 0.6) is 11.5 Å². The first-order chi connectivity index (χ1) is 15.6. The van der Waals surface area contributed by atoms with E-state index in [1.54, 1.807) is 14.2 Å². The van der Waals surface area contributed by atoms with Crippen LogP contribution in [0.2, 0.25) is 0 Å². The van der Waals surface area contributed by atoms with E-state index in [1.165, 1.54) is 5.56 Å². The maximum absolute atomic E-state index is 5.38. The highest BCUT2D eigenvalue weighted by Gasteiger charge is 2.22. The highest BCUT2D eigenvalue weighted by molar-refractivity contribution is 5.90. The Hall–Kier alpha value is -3.06. The van der Waals surface area contributed by atoms with E-state index in [-0.39, 0.29) is 0 Å². The zero-order chi connectivity index (χ0) is 22.5. The molecule has 4 rings (SSSR count). The molecule has 1 aliphatic rings. The van der Waals surface area contributed by atoms with Gasteiger partial charge in [-0.25, -0.2) is 4.98 Å². The molecule has 0 radical (unpaired) electrons. The van der Waals surface area contributed by atoms with Crippen molar-refractivity contribution in [3.63, 3.8) is 0 Å². The standard InChI is InChI=1S/C25H33N5O2/c1-30(2)24-22-7-5-6-8-23(22)28-25(29-24)27-19-11-9-18(10-12-19)26-16-17-13-20(31-3)15-21(14-17)32-4/h5-8,13-15,18-19,26H,9-12,16H2,1-4H3,(H,27,28,29)/t18-,19+. The minimum absolute atomic E-state index is 0.390. The molecule has 2 aromatic carbocycles. The molecule has 2 N–H and O–H groups in total. The molecule has 32 heavy (non-hydrogen) atoms. The molecule has 0 aliphatic heterocycles. The van der Waals surface area contributed by atoms with Crippen molar-refractivity contribution in [3.8, 4) is 11.5 Å². The third-order valence-corrected chi connectivity index (χ3v) is 6.07. The summed E-state index contributed by atoms with van der Waals surface area (Å²) in [7, 11) is 7.41. The maximum atomic E-state index is 5.38. The quantitative estimate of drug-likeness (QED) is 0.549. The zero-order valence-electron chi connectivity index (χ0n) is 19.4. The number of anilines is 2. The summed E-state index contributed by atoms with van der Waals surface area (Å²) in [5.41, 5.74) is 2.14. The molecule has 1 saturated carbocycles. The number of hydrogen-bond donors (Lipinski definition) is 2. The molecule has 170 valence electrons. The van der Waals surface area contributed by atoms with Gasteiger partial charge in [0.25, 0.3) is 0 Å². The summed E-state index contributed by atoms with van der Waals surface area (Å²) in [4.78, 5) is 11.6. The van der Waals surface area contributed by atoms with Crippen molar-refractivity contribution in [2.75, 3.05) is 38.5 Å². The monoisotopic (exact) mass is 435 g/mol. The van der Waals surface area contributed by atoms with Crippen molar-refractivity contribution in [3.05, 3.63) is 48.0 Å². The molecule has 1 fully saturated rings. The van der Waals surface area contributed by atoms with Gasteiger partial charge >= 0.3 is 0 Å². The van der Waals surface area contributed by atoms with Gasteiger partial charge in [0.05, 0.1) is 19.7 Å². The van der Waals surface area contributed by atoms with Crippen LogP contribution in [-0.2, 0) is 6.54 Å². The Kier molecular flexibility index (Phi) is 6.95. The van der Waals surface area contributed by atoms with Crippen LogP contribution in [-0.4, -0.2) is 50.4 Å². The van der Waals surface area contributed by atoms with E-state index in [0.29, 0.717) is 18.0 Å². The number of nitrogens with one attached hydrogen (secondary N) is 2. The van der Waals surface area contributed by atoms with Crippen LogP contribution in [0.4, 0.5) is 11.8 Å². The maximum Gasteiger partial charge on any atom is 0.225 e. The van der Waals surface area contributed by atoms with Gasteiger partial charge in [0, 0.05) is 44.2 Å². The van der Waals surface area contributed by atoms with Crippen LogP contribution in [0, 0.1) is 0 Å². The smallest absolute Gasteiger partial charge is 0.225 e. The lowest BCUT2D eigenvalue weighted by Gasteiger charge is -2.30. The minimum Gasteiger partial charge on any atom is -0.497 e. The van der Waals surface area contributed by atoms with Gasteiger partial charge in [-0.15, -0.1) is 0 Å². The number of hydrogen-bond acceptors (Lipinski definition) is 7. The third kappa shape index (κ3) is 5.22. The predicted octanol–water partition coefficient (Wildman–Crippen LogP) is 4.23. The lowest BCUT2D eigenvalue weighted by Crippen LogP contribution is -2.37. The number of para-hydroxylation sites is 1. The average molecular weight is 436 g/mol. The molecule has 7 heteroatoms. The molecule has 0 atom stereocenters. The molecular formula is C25H33N5O2. The largest absolute Gasteiger partial charge is 0.497 e. The van der Waals surface area contributed by atoms with Crippen LogP contribution in [0.15, 0.2) is 42.5 Å². The number of fused-ring (bicyclic) bond motifs is 1. The second-order valence-corrected chi connectivity index (χ2v) is 8.58. The lowest BCUT2D eigenvalue weighted by atomic mass is 9.91. The Balaban J connectivity index is 1.34. The van der Waals surface area contributed by atoms with E-state index < -0.39 is 0 Å². The summed E-state index contributed by atoms with van der Waals surface area (Å²) < 4.78 is 10.8. The van der Waals surface area contributed by atoms with Gasteiger partial charge in [-0.05, 0) is 55.5 Å². The summed E-state index contributed by atoms with van der Waals surface area (Å²) in [6.45, 7) is 0.802. The number of nitrogens with zero attached hydrogens (tertiary/aromatic N) is 3. The fourth-order valence-electron chi connectivity index (χ4n) is 4.32. The van der Waals surface area contributed by atoms with Gasteiger partial charge in [-0.3, -0.25) is 0 Å². The SMILES string of the molecule is COc1cc(CN[C@H]2CC[C@@H](Nc3nc(N(C)C)c4ccccc4n3)CC2)cc(OC)c1. The van der Waals surface area contributed by atoms with Gasteiger partial charge in [0.15, 0.2) is 0 Å². The van der Waals surface area contributed by atoms with Gasteiger partial charge in [-0.1, -0.05) is 12.1 Å². The number of aromatic nitrogens is 2. The van der Waals surface area contributed by atoms with E-state index in [4.69, 9.17) is 19.4 Å². The number of benzene rings is 2. The molecule has 1 aliphatic carbocycles. The van der Waals surface area contributed by atoms with Crippen LogP contribution < -0.4 is 25.0 Å². The second kappa shape index (κ2) is 10.0. The highest BCUT2D eigenvalue weighted by Crippen LogP contribution is 2.27. The molecule has 1 heterocycles. The van der Waals surface area contributed by atoms with Crippen molar-refractivity contribution >= 4 is 22.7 Å². The first-order valence-electron chi connectivity index (χ1n) is 11.2. The van der Waals surface area contributed by atoms with E-state index in [2.05, 4.69) is 28.8 Å². The molecule has 1 aromatic heterocycles. The van der Waals surface area contributed by atoms with Gasteiger partial charge in [-0.2, -0.15) is 4.98 Å². The van der Waals surface area contributed by atoms with Crippen molar-refractivity contribution in [1.29, 1.82) is 0 Å². The predicted molar refractivity (Wildman–Crippen MR) is 130 cm³/mol. The molecule has 7 nitrogen and oxygen atoms in total. The fraction of sp³-hybridized carbons (Fsp3) is 0.440. The van der Waals surface area contributed by atoms with Gasteiger partial charge < -0.3 is 25.0 Å². The summed E-state index contributed by atoms with van der Waals surface area (Å²) in [5.74, 6) is 3.30. The average Bonchev–Trinajstić information content (AvgIpc) is 2.82. The molecular weight excluding hydrogens is 402 g/mol. The number of rotatable bonds is 8. The molecule has 3 aromatic rings. The van der Waals surface area contributed by atoms with Crippen molar-refractivity contribution in [2.45, 2.75) is 44.3 Å². The Morgan fingerprint density at radius 1 is 0.906 bits per heavy atom. The molecule has 0 bridgehead atoms. The molecule has 0 saturated heterocycles. The van der Waals surface area contributed by atoms with E-state index in [0.717, 1.165) is 60.4 Å². The van der Waals surface area contributed by atoms with Crippen molar-refractivity contribution in [2.24, 2.45) is 0 Å². The Morgan fingerprint density at radius 2 is 1.56 bits per heavy atom. The van der Waals surface area contributed by atoms with Crippen LogP contribution in [0.25, 0.3) is 10.9 Å². The topological polar surface area (TPSA) is 71.5 Å². The first kappa shape index (κ1) is 22.1. The summed E-state index contributed by atoms with van der Waals surface area (Å²) in [6, 6.07) is 15.1. The molecule has 0 amide bonds. The van der Waals surface area contributed by atoms with Crippen molar-refractivity contribution in [1.82, 2.24) is 15.3 Å². The van der Waals surface area contributed by atoms with Gasteiger partial charge in [0.2, 0.25) is 5.95 Å². The highest BCUT2D eigenvalue weighted by atomic mass is 16.5. The normalized spacial score (nSPS) is 18.4. The third-order valence-electron chi connectivity index (χ3n) is 6.07. The van der Waals surface area contributed by atoms with Crippen LogP contribution in [0.3, 0.4) is 0 Å². The van der Waals surface area contributed by atoms with Crippen molar-refractivity contribution < 1.29 is 9.47 Å². The van der Waals surface area contributed by atoms with Gasteiger partial charge in [0.1, 0.15) is 17.3 Å². The Bertz CT molecular complexity index is 1030. The van der Waals surface area contributed by atoms with Crippen LogP contribution in [0.1, 0.15) is 31.2 Å². The summed E-state index contributed by atoms with van der Waals surface area (Å²) >= 11 is 0. The summed E-state index contributed by atoms with van der Waals surface area (Å²) in [5, 5.41) is 8.35. The van der Waals surface area contributed by atoms with E-state index >= 15 is 0 Å². The Morgan fingerprint density at radius 3 is 2.22 bits per heavy atom. The van der Waals surface area contributed by atoms with Crippen LogP contribution >= 0.6 is 0 Å². The summed E-state index contributed by atoms with van der Waals surface area (Å²) in [6.07, 6.45) is 4.42. The van der Waals surface area contributed by atoms with E-state index in [1.807, 2.05) is 43.3 Å². The van der Waals surface area contributed by atoms with E-state index in [9.17, 15) is 0 Å². The lowest BCUT2D eigenvalue weighted by molar-refractivity contribution is 0.351. The molecule has 0 spiro atoms.